The van der Waals surface area contributed by atoms with E-state index in [1.165, 1.54) is 237 Å². The molecule has 0 saturated carbocycles. The van der Waals surface area contributed by atoms with Gasteiger partial charge in [-0.1, -0.05) is 257 Å². The summed E-state index contributed by atoms with van der Waals surface area (Å²) in [4.78, 5) is 0. The van der Waals surface area contributed by atoms with Crippen LogP contribution in [0.1, 0.15) is 25.0 Å². The van der Waals surface area contributed by atoms with E-state index in [0.29, 0.717) is 0 Å². The van der Waals surface area contributed by atoms with E-state index < -0.39 is 0 Å². The topological polar surface area (TPSA) is 19.7 Å². The molecule has 0 unspecified atom stereocenters. The van der Waals surface area contributed by atoms with Crippen molar-refractivity contribution in [3.63, 3.8) is 0 Å². The third-order valence-corrected chi connectivity index (χ3v) is 29.0. The number of nitrogens with zero attached hydrogens (tertiary/aromatic N) is 4. The van der Waals surface area contributed by atoms with Crippen molar-refractivity contribution in [1.82, 2.24) is 18.3 Å². The summed E-state index contributed by atoms with van der Waals surface area (Å²) in [6, 6.07) is 144. The smallest absolute Gasteiger partial charge is 0.0547 e. The van der Waals surface area contributed by atoms with Gasteiger partial charge in [0.25, 0.3) is 0 Å². The molecule has 0 aliphatic heterocycles. The molecule has 552 valence electrons. The Hall–Kier alpha value is -14.2. The summed E-state index contributed by atoms with van der Waals surface area (Å²) in [5, 5.41) is 17.9. The van der Waals surface area contributed by atoms with Crippen LogP contribution < -0.4 is 0 Å². The Morgan fingerprint density at radius 2 is 0.525 bits per heavy atom. The molecule has 4 nitrogen and oxygen atoms in total. The molecule has 1 aliphatic rings. The van der Waals surface area contributed by atoms with Gasteiger partial charge in [-0.25, -0.2) is 0 Å². The molecule has 0 fully saturated rings. The van der Waals surface area contributed by atoms with Crippen LogP contribution >= 0.6 is 34.0 Å². The first-order valence-electron chi connectivity index (χ1n) is 40.6. The van der Waals surface area contributed by atoms with Crippen molar-refractivity contribution >= 4 is 182 Å². The maximum absolute atomic E-state index is 2.51. The van der Waals surface area contributed by atoms with E-state index in [0.717, 1.165) is 0 Å². The first-order valence-corrected chi connectivity index (χ1v) is 43.0. The Bertz CT molecular complexity index is 8540. The van der Waals surface area contributed by atoms with Gasteiger partial charge >= 0.3 is 0 Å². The summed E-state index contributed by atoms with van der Waals surface area (Å²) in [5.41, 5.74) is 29.8. The number of rotatable bonds is 8. The average Bonchev–Trinajstić information content (AvgIpc) is 1.56. The molecule has 0 radical (unpaired) electrons. The Balaban J connectivity index is 0.000000132. The van der Waals surface area contributed by atoms with E-state index in [2.05, 4.69) is 420 Å². The minimum atomic E-state index is -0.0818. The minimum absolute atomic E-state index is 0.0818. The highest BCUT2D eigenvalue weighted by Crippen LogP contribution is 2.53. The largest absolute Gasteiger partial charge is 0.309 e. The molecule has 0 N–H and O–H groups in total. The lowest BCUT2D eigenvalue weighted by atomic mass is 9.81. The summed E-state index contributed by atoms with van der Waals surface area (Å²) in [6.07, 6.45) is 0. The molecule has 25 aromatic rings. The fourth-order valence-electron chi connectivity index (χ4n) is 20.1. The average molecular weight is 1560 g/mol. The lowest BCUT2D eigenvalue weighted by Gasteiger charge is -2.22. The van der Waals surface area contributed by atoms with E-state index in [1.54, 1.807) is 0 Å². The van der Waals surface area contributed by atoms with Crippen LogP contribution in [-0.4, -0.2) is 18.3 Å². The van der Waals surface area contributed by atoms with Gasteiger partial charge in [-0.3, -0.25) is 0 Å². The predicted molar refractivity (Wildman–Crippen MR) is 508 cm³/mol. The number of para-hydroxylation sites is 6. The number of benzene rings is 18. The van der Waals surface area contributed by atoms with E-state index in [9.17, 15) is 0 Å². The van der Waals surface area contributed by atoms with Crippen LogP contribution in [0, 0.1) is 0 Å². The van der Waals surface area contributed by atoms with Gasteiger partial charge < -0.3 is 18.3 Å². The summed E-state index contributed by atoms with van der Waals surface area (Å²) in [7, 11) is 0. The number of aromatic nitrogens is 4. The number of hydrogen-bond acceptors (Lipinski definition) is 3. The van der Waals surface area contributed by atoms with E-state index in [-0.39, 0.29) is 5.41 Å². The molecule has 0 amide bonds. The highest BCUT2D eigenvalue weighted by molar-refractivity contribution is 7.27. The van der Waals surface area contributed by atoms with Crippen LogP contribution in [0.4, 0.5) is 0 Å². The second-order valence-corrected chi connectivity index (χ2v) is 35.3. The van der Waals surface area contributed by atoms with E-state index >= 15 is 0 Å². The fraction of sp³-hybridized carbons (Fsp3) is 0.0270. The summed E-state index contributed by atoms with van der Waals surface area (Å²) < 4.78 is 17.7. The number of fused-ring (bicyclic) bond motifs is 24. The van der Waals surface area contributed by atoms with Crippen molar-refractivity contribution in [2.24, 2.45) is 0 Å². The van der Waals surface area contributed by atoms with Crippen LogP contribution in [0.15, 0.2) is 388 Å². The van der Waals surface area contributed by atoms with Crippen molar-refractivity contribution < 1.29 is 0 Å². The maximum Gasteiger partial charge on any atom is 0.0547 e. The van der Waals surface area contributed by atoms with Crippen LogP contribution in [0.5, 0.6) is 0 Å². The van der Waals surface area contributed by atoms with Crippen molar-refractivity contribution in [2.75, 3.05) is 0 Å². The fourth-order valence-corrected chi connectivity index (χ4v) is 23.7. The Labute approximate surface area is 691 Å². The molecule has 0 atom stereocenters. The molecule has 7 aromatic heterocycles. The van der Waals surface area contributed by atoms with Crippen LogP contribution in [0.25, 0.3) is 226 Å². The van der Waals surface area contributed by atoms with Crippen molar-refractivity contribution in [3.8, 4) is 78.4 Å². The van der Waals surface area contributed by atoms with Gasteiger partial charge in [-0.05, 0) is 201 Å². The van der Waals surface area contributed by atoms with E-state index in [1.807, 2.05) is 34.0 Å². The quantitative estimate of drug-likeness (QED) is 0.144. The Morgan fingerprint density at radius 1 is 0.186 bits per heavy atom. The van der Waals surface area contributed by atoms with Crippen LogP contribution in [0.3, 0.4) is 0 Å². The molecule has 7 heteroatoms. The first kappa shape index (κ1) is 67.2. The van der Waals surface area contributed by atoms with Crippen molar-refractivity contribution in [1.29, 1.82) is 0 Å². The molecule has 7 heterocycles. The molecule has 118 heavy (non-hydrogen) atoms. The zero-order valence-corrected chi connectivity index (χ0v) is 66.9. The summed E-state index contributed by atoms with van der Waals surface area (Å²) >= 11 is 5.68. The van der Waals surface area contributed by atoms with Gasteiger partial charge in [0.2, 0.25) is 0 Å². The standard InChI is InChI=1S/C57H38N2S.C54H32N2S2/c1-57(2)48-22-10-6-17-40(48)41-29-27-36(32-49(41)57)45-33-38(34-47-43-19-9-13-26-54(43)60-56(45)47)59-51-24-12-8-20-44(51)55-39(21-14-25-53(55)59)35-28-30-52-46(31-35)42-18-7-11-23-50(42)58(52)37-15-4-3-5-16-37;1-2-13-35(14-3-1)55-46-20-8-4-15-38(46)43-29-33(25-27-48(43)55)37-19-12-22-49-53(37)41-18-5-9-21-47(41)56(49)36-31-42(54-45(32-36)40-17-7-11-24-51(40)58-54)34-26-28-52-44(30-34)39-16-6-10-23-50(39)57-52/h3-34H,1-2H3;1-32H. The molecule has 26 rings (SSSR count). The van der Waals surface area contributed by atoms with Gasteiger partial charge in [0.15, 0.2) is 0 Å². The summed E-state index contributed by atoms with van der Waals surface area (Å²) in [6.45, 7) is 4.75. The molecule has 18 aromatic carbocycles. The molecular formula is C111H70N4S3. The van der Waals surface area contributed by atoms with Crippen molar-refractivity contribution in [3.05, 3.63) is 399 Å². The molecular weight excluding hydrogens is 1490 g/mol. The van der Waals surface area contributed by atoms with Gasteiger partial charge in [0.1, 0.15) is 0 Å². The normalized spacial score (nSPS) is 12.7. The second-order valence-electron chi connectivity index (χ2n) is 32.1. The molecule has 1 aliphatic carbocycles. The minimum Gasteiger partial charge on any atom is -0.309 e. The highest BCUT2D eigenvalue weighted by Gasteiger charge is 2.36. The van der Waals surface area contributed by atoms with Crippen LogP contribution in [0.2, 0.25) is 0 Å². The summed E-state index contributed by atoms with van der Waals surface area (Å²) in [5.74, 6) is 0. The second kappa shape index (κ2) is 25.9. The Morgan fingerprint density at radius 3 is 1.04 bits per heavy atom. The van der Waals surface area contributed by atoms with Gasteiger partial charge in [0, 0.05) is 143 Å². The molecule has 0 spiro atoms. The lowest BCUT2D eigenvalue weighted by molar-refractivity contribution is 0.660. The third kappa shape index (κ3) is 9.99. The van der Waals surface area contributed by atoms with Gasteiger partial charge in [-0.15, -0.1) is 34.0 Å². The number of thiophene rings is 3. The van der Waals surface area contributed by atoms with Gasteiger partial charge in [-0.2, -0.15) is 0 Å². The molecule has 0 saturated heterocycles. The molecule has 0 bridgehead atoms. The number of hydrogen-bond donors (Lipinski definition) is 0. The van der Waals surface area contributed by atoms with Crippen LogP contribution in [-0.2, 0) is 5.41 Å². The Kier molecular flexibility index (Phi) is 14.8. The van der Waals surface area contributed by atoms with E-state index in [4.69, 9.17) is 0 Å². The third-order valence-electron chi connectivity index (χ3n) is 25.4. The predicted octanol–water partition coefficient (Wildman–Crippen LogP) is 31.8. The maximum atomic E-state index is 2.51. The monoisotopic (exact) mass is 1550 g/mol. The van der Waals surface area contributed by atoms with Crippen molar-refractivity contribution in [2.45, 2.75) is 19.3 Å². The zero-order valence-electron chi connectivity index (χ0n) is 64.5. The highest BCUT2D eigenvalue weighted by atomic mass is 32.1. The van der Waals surface area contributed by atoms with Gasteiger partial charge in [0.05, 0.1) is 44.1 Å². The SMILES string of the molecule is CC1(C)c2ccccc2-c2ccc(-c3cc(-n4c5ccccc5c5c(-c6ccc7c(c6)c6ccccc6n7-c6ccccc6)cccc54)cc4c3sc3ccccc34)cc21.c1ccc(-n2c3ccccc3c3cc(-c4cccc5c4c4ccccc4n5-c4cc(-c5ccc6sc7ccccc7c6c5)c5sc6ccccc6c5c4)ccc32)cc1. The zero-order chi connectivity index (χ0) is 77.6. The first-order chi connectivity index (χ1) is 58.3. The lowest BCUT2D eigenvalue weighted by Crippen LogP contribution is -2.14.